The summed E-state index contributed by atoms with van der Waals surface area (Å²) in [6, 6.07) is 15.1. The van der Waals surface area contributed by atoms with E-state index in [1.54, 1.807) is 49.7 Å². The molecule has 7 nitrogen and oxygen atoms in total. The van der Waals surface area contributed by atoms with Crippen LogP contribution in [0.2, 0.25) is 5.02 Å². The molecular formula is C28H29ClN2O5. The van der Waals surface area contributed by atoms with E-state index < -0.39 is 6.04 Å². The number of carbonyl (C=O) groups is 1. The quantitative estimate of drug-likeness (QED) is 0.195. The predicted octanol–water partition coefficient (Wildman–Crippen LogP) is 5.64. The van der Waals surface area contributed by atoms with Gasteiger partial charge in [0.1, 0.15) is 17.5 Å². The lowest BCUT2D eigenvalue weighted by molar-refractivity contribution is 0.0970. The molecule has 4 rings (SSSR count). The number of halogens is 1. The number of aliphatic hydroxyl groups is 2. The highest BCUT2D eigenvalue weighted by Crippen LogP contribution is 2.34. The Labute approximate surface area is 214 Å². The summed E-state index contributed by atoms with van der Waals surface area (Å²) in [5.74, 6) is 1.00. The predicted molar refractivity (Wildman–Crippen MR) is 141 cm³/mol. The number of hydrogen-bond donors (Lipinski definition) is 4. The number of nitrogens with one attached hydrogen (secondary N) is 2. The standard InChI is InChI=1S/C28H29ClN2O5/c1-3-8-36-22-12-20(11-21(13-22)35-2)31-27(23-7-5-19(29)10-18(23)16-33)28(34)25-14-30-26-9-17(15-32)4-6-24(25)26/h4-7,9-14,27,30-33H,3,8,15-16H2,1-2H3. The van der Waals surface area contributed by atoms with Gasteiger partial charge in [-0.15, -0.1) is 0 Å². The van der Waals surface area contributed by atoms with Crippen LogP contribution in [0.1, 0.15) is 46.4 Å². The zero-order valence-corrected chi connectivity index (χ0v) is 20.9. The maximum Gasteiger partial charge on any atom is 0.191 e. The van der Waals surface area contributed by atoms with Crippen molar-refractivity contribution >= 4 is 34.0 Å². The normalized spacial score (nSPS) is 11.9. The summed E-state index contributed by atoms with van der Waals surface area (Å²) in [5, 5.41) is 24.1. The highest BCUT2D eigenvalue weighted by molar-refractivity contribution is 6.30. The number of Topliss-reactive ketones (excluding diaryl/α,β-unsaturated/α-hetero) is 1. The minimum absolute atomic E-state index is 0.0919. The van der Waals surface area contributed by atoms with Crippen molar-refractivity contribution in [2.75, 3.05) is 19.0 Å². The van der Waals surface area contributed by atoms with Crippen molar-refractivity contribution in [2.24, 2.45) is 0 Å². The lowest BCUT2D eigenvalue weighted by Crippen LogP contribution is -2.23. The first-order chi connectivity index (χ1) is 17.5. The van der Waals surface area contributed by atoms with Crippen LogP contribution < -0.4 is 14.8 Å². The Bertz CT molecular complexity index is 1370. The number of ether oxygens (including phenoxy) is 2. The maximum absolute atomic E-state index is 14.0. The number of rotatable bonds is 11. The largest absolute Gasteiger partial charge is 0.497 e. The number of benzene rings is 3. The second-order valence-corrected chi connectivity index (χ2v) is 8.87. The Morgan fingerprint density at radius 1 is 1.06 bits per heavy atom. The second kappa shape index (κ2) is 11.5. The molecule has 1 aromatic heterocycles. The third kappa shape index (κ3) is 5.49. The van der Waals surface area contributed by atoms with E-state index in [1.165, 1.54) is 0 Å². The number of hydrogen-bond acceptors (Lipinski definition) is 6. The van der Waals surface area contributed by atoms with Gasteiger partial charge in [-0.25, -0.2) is 0 Å². The van der Waals surface area contributed by atoms with Crippen molar-refractivity contribution in [3.05, 3.63) is 88.1 Å². The molecule has 0 aliphatic heterocycles. The van der Waals surface area contributed by atoms with Gasteiger partial charge in [-0.05, 0) is 41.3 Å². The summed E-state index contributed by atoms with van der Waals surface area (Å²) in [6.45, 7) is 2.20. The van der Waals surface area contributed by atoms with E-state index in [9.17, 15) is 15.0 Å². The first-order valence-electron chi connectivity index (χ1n) is 11.7. The van der Waals surface area contributed by atoms with Crippen molar-refractivity contribution in [2.45, 2.75) is 32.6 Å². The molecule has 0 aliphatic carbocycles. The van der Waals surface area contributed by atoms with Gasteiger partial charge < -0.3 is 30.0 Å². The number of aliphatic hydroxyl groups excluding tert-OH is 2. The number of fused-ring (bicyclic) bond motifs is 1. The van der Waals surface area contributed by atoms with Crippen molar-refractivity contribution < 1.29 is 24.5 Å². The molecule has 0 fully saturated rings. The van der Waals surface area contributed by atoms with Gasteiger partial charge >= 0.3 is 0 Å². The molecule has 188 valence electrons. The maximum atomic E-state index is 14.0. The summed E-state index contributed by atoms with van der Waals surface area (Å²) in [6.07, 6.45) is 2.52. The van der Waals surface area contributed by atoms with Crippen LogP contribution in [0.4, 0.5) is 5.69 Å². The van der Waals surface area contributed by atoms with Gasteiger partial charge in [0.15, 0.2) is 5.78 Å². The van der Waals surface area contributed by atoms with E-state index in [1.807, 2.05) is 25.1 Å². The van der Waals surface area contributed by atoms with Crippen LogP contribution >= 0.6 is 11.6 Å². The van der Waals surface area contributed by atoms with E-state index in [0.29, 0.717) is 45.5 Å². The third-order valence-electron chi connectivity index (χ3n) is 5.94. The van der Waals surface area contributed by atoms with E-state index >= 15 is 0 Å². The smallest absolute Gasteiger partial charge is 0.191 e. The lowest BCUT2D eigenvalue weighted by atomic mass is 9.93. The molecule has 1 heterocycles. The molecule has 0 aliphatic rings. The molecule has 8 heteroatoms. The van der Waals surface area contributed by atoms with E-state index in [2.05, 4.69) is 10.3 Å². The molecule has 0 bridgehead atoms. The van der Waals surface area contributed by atoms with Crippen LogP contribution in [0, 0.1) is 0 Å². The van der Waals surface area contributed by atoms with Crippen LogP contribution in [0.3, 0.4) is 0 Å². The first kappa shape index (κ1) is 25.6. The summed E-state index contributed by atoms with van der Waals surface area (Å²) in [5.41, 5.74) is 3.75. The average molecular weight is 509 g/mol. The number of methoxy groups -OCH3 is 1. The van der Waals surface area contributed by atoms with Crippen molar-refractivity contribution in [1.29, 1.82) is 0 Å². The molecule has 3 aromatic carbocycles. The zero-order chi connectivity index (χ0) is 25.7. The van der Waals surface area contributed by atoms with Gasteiger partial charge in [0.2, 0.25) is 0 Å². The molecule has 0 radical (unpaired) electrons. The van der Waals surface area contributed by atoms with E-state index in [-0.39, 0.29) is 19.0 Å². The summed E-state index contributed by atoms with van der Waals surface area (Å²) in [7, 11) is 1.57. The number of ketones is 1. The molecule has 4 N–H and O–H groups in total. The fourth-order valence-electron chi connectivity index (χ4n) is 4.15. The van der Waals surface area contributed by atoms with Gasteiger partial charge in [-0.1, -0.05) is 36.7 Å². The van der Waals surface area contributed by atoms with Crippen LogP contribution in [0.15, 0.2) is 60.8 Å². The Hall–Kier alpha value is -3.52. The van der Waals surface area contributed by atoms with Crippen molar-refractivity contribution in [3.8, 4) is 11.5 Å². The van der Waals surface area contributed by atoms with Gasteiger partial charge in [0.05, 0.1) is 26.9 Å². The van der Waals surface area contributed by atoms with Crippen LogP contribution in [0.25, 0.3) is 10.9 Å². The van der Waals surface area contributed by atoms with E-state index in [0.717, 1.165) is 22.9 Å². The average Bonchev–Trinajstić information content (AvgIpc) is 3.33. The Morgan fingerprint density at radius 3 is 2.58 bits per heavy atom. The number of carbonyl (C=O) groups excluding carboxylic acids is 1. The molecule has 36 heavy (non-hydrogen) atoms. The van der Waals surface area contributed by atoms with Gasteiger partial charge in [-0.2, -0.15) is 0 Å². The highest BCUT2D eigenvalue weighted by Gasteiger charge is 2.27. The van der Waals surface area contributed by atoms with Crippen molar-refractivity contribution in [1.82, 2.24) is 4.98 Å². The Kier molecular flexibility index (Phi) is 8.15. The molecule has 0 amide bonds. The third-order valence-corrected chi connectivity index (χ3v) is 6.18. The lowest BCUT2D eigenvalue weighted by Gasteiger charge is -2.22. The summed E-state index contributed by atoms with van der Waals surface area (Å²) in [4.78, 5) is 17.2. The van der Waals surface area contributed by atoms with Gasteiger partial charge in [-0.3, -0.25) is 4.79 Å². The van der Waals surface area contributed by atoms with Crippen LogP contribution in [0.5, 0.6) is 11.5 Å². The number of anilines is 1. The summed E-state index contributed by atoms with van der Waals surface area (Å²) >= 11 is 6.18. The number of aromatic nitrogens is 1. The van der Waals surface area contributed by atoms with Crippen molar-refractivity contribution in [3.63, 3.8) is 0 Å². The fourth-order valence-corrected chi connectivity index (χ4v) is 4.35. The molecule has 0 saturated carbocycles. The van der Waals surface area contributed by atoms with Crippen LogP contribution in [-0.4, -0.2) is 34.7 Å². The molecule has 1 atom stereocenters. The van der Waals surface area contributed by atoms with Gasteiger partial charge in [0.25, 0.3) is 0 Å². The Morgan fingerprint density at radius 2 is 1.86 bits per heavy atom. The van der Waals surface area contributed by atoms with Crippen LogP contribution in [-0.2, 0) is 13.2 Å². The Balaban J connectivity index is 1.80. The minimum Gasteiger partial charge on any atom is -0.497 e. The molecule has 0 saturated heterocycles. The molecule has 1 unspecified atom stereocenters. The molecular weight excluding hydrogens is 480 g/mol. The summed E-state index contributed by atoms with van der Waals surface area (Å²) < 4.78 is 11.3. The molecule has 0 spiro atoms. The van der Waals surface area contributed by atoms with Gasteiger partial charge in [0, 0.05) is 51.6 Å². The zero-order valence-electron chi connectivity index (χ0n) is 20.2. The molecule has 4 aromatic rings. The second-order valence-electron chi connectivity index (χ2n) is 8.43. The number of H-pyrrole nitrogens is 1. The topological polar surface area (TPSA) is 104 Å². The monoisotopic (exact) mass is 508 g/mol. The first-order valence-corrected chi connectivity index (χ1v) is 12.1. The fraction of sp³-hybridized carbons (Fsp3) is 0.250. The SMILES string of the molecule is CCCOc1cc(NC(C(=O)c2c[nH]c3cc(CO)ccc23)c2ccc(Cl)cc2CO)cc(OC)c1. The minimum atomic E-state index is -0.841. The van der Waals surface area contributed by atoms with E-state index in [4.69, 9.17) is 21.1 Å². The highest BCUT2D eigenvalue weighted by atomic mass is 35.5. The number of aromatic amines is 1.